The number of nitrogens with zero attached hydrogens (tertiary/aromatic N) is 1. The summed E-state index contributed by atoms with van der Waals surface area (Å²) in [6, 6.07) is 3.52. The summed E-state index contributed by atoms with van der Waals surface area (Å²) in [6.45, 7) is 1.25. The zero-order valence-electron chi connectivity index (χ0n) is 9.21. The molecule has 0 aliphatic heterocycles. The molecule has 0 bridgehead atoms. The van der Waals surface area contributed by atoms with Gasteiger partial charge in [-0.3, -0.25) is 14.9 Å². The van der Waals surface area contributed by atoms with Crippen LogP contribution in [0.2, 0.25) is 5.02 Å². The molecule has 94 valence electrons. The highest BCUT2D eigenvalue weighted by Gasteiger charge is 2.15. The summed E-state index contributed by atoms with van der Waals surface area (Å²) in [5.74, 6) is -1.86. The van der Waals surface area contributed by atoms with Crippen LogP contribution in [0.25, 0.3) is 0 Å². The third-order valence-electron chi connectivity index (χ3n) is 2.11. The first-order valence-corrected chi connectivity index (χ1v) is 5.10. The molecular formula is C11H8ClNO5. The molecule has 1 N–H and O–H groups in total. The number of halogens is 1. The van der Waals surface area contributed by atoms with Crippen LogP contribution >= 0.6 is 11.6 Å². The molecule has 0 aromatic heterocycles. The molecule has 18 heavy (non-hydrogen) atoms. The second-order valence-electron chi connectivity index (χ2n) is 3.42. The van der Waals surface area contributed by atoms with E-state index in [9.17, 15) is 19.7 Å². The number of rotatable bonds is 4. The van der Waals surface area contributed by atoms with Crippen LogP contribution in [0.5, 0.6) is 0 Å². The number of carboxylic acids is 1. The third kappa shape index (κ3) is 3.14. The highest BCUT2D eigenvalue weighted by molar-refractivity contribution is 6.32. The minimum absolute atomic E-state index is 0.00620. The lowest BCUT2D eigenvalue weighted by atomic mass is 10.1. The van der Waals surface area contributed by atoms with Crippen LogP contribution in [0.4, 0.5) is 5.69 Å². The minimum atomic E-state index is -1.23. The number of hydrogen-bond donors (Lipinski definition) is 1. The first-order valence-electron chi connectivity index (χ1n) is 4.72. The quantitative estimate of drug-likeness (QED) is 0.392. The summed E-state index contributed by atoms with van der Waals surface area (Å²) in [5, 5.41) is 19.2. The highest BCUT2D eigenvalue weighted by Crippen LogP contribution is 2.25. The fourth-order valence-corrected chi connectivity index (χ4v) is 1.33. The molecule has 0 saturated heterocycles. The van der Waals surface area contributed by atoms with Crippen LogP contribution in [0.3, 0.4) is 0 Å². The van der Waals surface area contributed by atoms with E-state index in [4.69, 9.17) is 16.7 Å². The molecule has 0 radical (unpaired) electrons. The van der Waals surface area contributed by atoms with Crippen molar-refractivity contribution in [3.63, 3.8) is 0 Å². The van der Waals surface area contributed by atoms with Crippen molar-refractivity contribution < 1.29 is 19.6 Å². The van der Waals surface area contributed by atoms with Gasteiger partial charge in [0.25, 0.3) is 5.69 Å². The number of carbonyl (C=O) groups is 2. The van der Waals surface area contributed by atoms with Crippen molar-refractivity contribution in [3.05, 3.63) is 50.5 Å². The second-order valence-corrected chi connectivity index (χ2v) is 3.83. The molecule has 7 heteroatoms. The zero-order valence-corrected chi connectivity index (χ0v) is 9.97. The van der Waals surface area contributed by atoms with Gasteiger partial charge in [0.15, 0.2) is 5.78 Å². The molecule has 0 aliphatic rings. The lowest BCUT2D eigenvalue weighted by molar-refractivity contribution is -0.384. The predicted molar refractivity (Wildman–Crippen MR) is 63.8 cm³/mol. The molecule has 0 amide bonds. The Balaban J connectivity index is 3.16. The standard InChI is InChI=1S/C11H8ClNO5/c1-6(11(15)16)4-10(14)7-2-3-8(12)9(5-7)13(17)18/h2-5H,1H3,(H,15,16). The molecule has 0 spiro atoms. The smallest absolute Gasteiger partial charge is 0.331 e. The van der Waals surface area contributed by atoms with Gasteiger partial charge in [-0.2, -0.15) is 0 Å². The van der Waals surface area contributed by atoms with E-state index in [0.717, 1.165) is 12.1 Å². The van der Waals surface area contributed by atoms with Gasteiger partial charge in [-0.25, -0.2) is 4.79 Å². The molecule has 0 aliphatic carbocycles. The number of allylic oxidation sites excluding steroid dienone is 1. The number of carbonyl (C=O) groups excluding carboxylic acids is 1. The van der Waals surface area contributed by atoms with Crippen molar-refractivity contribution in [2.45, 2.75) is 6.92 Å². The van der Waals surface area contributed by atoms with Crippen molar-refractivity contribution in [1.82, 2.24) is 0 Å². The fourth-order valence-electron chi connectivity index (χ4n) is 1.15. The highest BCUT2D eigenvalue weighted by atomic mass is 35.5. The molecule has 1 rings (SSSR count). The molecule has 0 fully saturated rings. The van der Waals surface area contributed by atoms with Gasteiger partial charge in [0.2, 0.25) is 0 Å². The van der Waals surface area contributed by atoms with E-state index in [0.29, 0.717) is 0 Å². The maximum absolute atomic E-state index is 11.6. The van der Waals surface area contributed by atoms with Gasteiger partial charge in [-0.15, -0.1) is 0 Å². The topological polar surface area (TPSA) is 97.5 Å². The zero-order chi connectivity index (χ0) is 13.9. The molecule has 1 aromatic carbocycles. The number of benzene rings is 1. The molecule has 0 atom stereocenters. The predicted octanol–water partition coefficient (Wildman–Crippen LogP) is 2.46. The van der Waals surface area contributed by atoms with E-state index < -0.39 is 22.4 Å². The van der Waals surface area contributed by atoms with E-state index in [1.165, 1.54) is 19.1 Å². The van der Waals surface area contributed by atoms with Gasteiger partial charge in [0.05, 0.1) is 4.92 Å². The Bertz CT molecular complexity index is 565. The maximum Gasteiger partial charge on any atom is 0.331 e. The van der Waals surface area contributed by atoms with Crippen LogP contribution in [-0.4, -0.2) is 21.8 Å². The summed E-state index contributed by atoms with van der Waals surface area (Å²) in [4.78, 5) is 32.1. The lowest BCUT2D eigenvalue weighted by Gasteiger charge is -1.99. The minimum Gasteiger partial charge on any atom is -0.478 e. The number of aliphatic carboxylic acids is 1. The van der Waals surface area contributed by atoms with E-state index in [1.807, 2.05) is 0 Å². The van der Waals surface area contributed by atoms with Gasteiger partial charge >= 0.3 is 5.97 Å². The Morgan fingerprint density at radius 2 is 2.06 bits per heavy atom. The Morgan fingerprint density at radius 1 is 1.44 bits per heavy atom. The second kappa shape index (κ2) is 5.42. The van der Waals surface area contributed by atoms with Crippen molar-refractivity contribution in [2.75, 3.05) is 0 Å². The van der Waals surface area contributed by atoms with Gasteiger partial charge in [-0.05, 0) is 25.1 Å². The summed E-state index contributed by atoms with van der Waals surface area (Å²) < 4.78 is 0. The number of carboxylic acid groups (broad SMARTS) is 1. The third-order valence-corrected chi connectivity index (χ3v) is 2.43. The van der Waals surface area contributed by atoms with E-state index in [2.05, 4.69) is 0 Å². The molecular weight excluding hydrogens is 262 g/mol. The Labute approximate surface area is 107 Å². The number of nitro benzene ring substituents is 1. The molecule has 0 saturated carbocycles. The molecule has 0 heterocycles. The molecule has 6 nitrogen and oxygen atoms in total. The number of hydrogen-bond acceptors (Lipinski definition) is 4. The first-order chi connectivity index (χ1) is 8.32. The SMILES string of the molecule is CC(=CC(=O)c1ccc(Cl)c([N+](=O)[O-])c1)C(=O)O. The summed E-state index contributed by atoms with van der Waals surface area (Å²) >= 11 is 5.59. The van der Waals surface area contributed by atoms with Gasteiger partial charge in [-0.1, -0.05) is 11.6 Å². The normalized spacial score (nSPS) is 11.1. The Kier molecular flexibility index (Phi) is 4.17. The Hall–Kier alpha value is -2.21. The van der Waals surface area contributed by atoms with Crippen molar-refractivity contribution >= 4 is 29.0 Å². The van der Waals surface area contributed by atoms with E-state index >= 15 is 0 Å². The van der Waals surface area contributed by atoms with Gasteiger partial charge in [0.1, 0.15) is 5.02 Å². The average molecular weight is 270 g/mol. The first kappa shape index (κ1) is 13.9. The molecule has 0 unspecified atom stereocenters. The van der Waals surface area contributed by atoms with Crippen molar-refractivity contribution in [3.8, 4) is 0 Å². The van der Waals surface area contributed by atoms with Crippen LogP contribution in [0.1, 0.15) is 17.3 Å². The van der Waals surface area contributed by atoms with E-state index in [1.54, 1.807) is 0 Å². The van der Waals surface area contributed by atoms with Crippen molar-refractivity contribution in [2.24, 2.45) is 0 Å². The van der Waals surface area contributed by atoms with Crippen LogP contribution in [0.15, 0.2) is 29.8 Å². The average Bonchev–Trinajstić information content (AvgIpc) is 2.28. The monoisotopic (exact) mass is 269 g/mol. The van der Waals surface area contributed by atoms with Crippen molar-refractivity contribution in [1.29, 1.82) is 0 Å². The number of ketones is 1. The fraction of sp³-hybridized carbons (Fsp3) is 0.0909. The van der Waals surface area contributed by atoms with Crippen LogP contribution in [0, 0.1) is 10.1 Å². The largest absolute Gasteiger partial charge is 0.478 e. The lowest BCUT2D eigenvalue weighted by Crippen LogP contribution is -2.02. The summed E-state index contributed by atoms with van der Waals surface area (Å²) in [6.07, 6.45) is 0.898. The number of nitro groups is 1. The summed E-state index contributed by atoms with van der Waals surface area (Å²) in [7, 11) is 0. The summed E-state index contributed by atoms with van der Waals surface area (Å²) in [5.41, 5.74) is -0.548. The van der Waals surface area contributed by atoms with Gasteiger partial charge < -0.3 is 5.11 Å². The maximum atomic E-state index is 11.6. The van der Waals surface area contributed by atoms with Gasteiger partial charge in [0, 0.05) is 17.2 Å². The Morgan fingerprint density at radius 3 is 2.56 bits per heavy atom. The van der Waals surface area contributed by atoms with Crippen LogP contribution in [-0.2, 0) is 4.79 Å². The molecule has 1 aromatic rings. The van der Waals surface area contributed by atoms with Crippen LogP contribution < -0.4 is 0 Å². The van der Waals surface area contributed by atoms with E-state index in [-0.39, 0.29) is 16.2 Å².